The van der Waals surface area contributed by atoms with Crippen molar-refractivity contribution >= 4 is 17.8 Å². The highest BCUT2D eigenvalue weighted by atomic mass is 31.2. The minimum absolute atomic E-state index is 0.00864. The van der Waals surface area contributed by atoms with E-state index in [2.05, 4.69) is 6.08 Å². The number of rotatable bonds is 9. The molecule has 3 nitrogen and oxygen atoms in total. The lowest BCUT2D eigenvalue weighted by molar-refractivity contribution is -0.162. The zero-order valence-corrected chi connectivity index (χ0v) is 16.7. The summed E-state index contributed by atoms with van der Waals surface area (Å²) in [6.07, 6.45) is 8.33. The second kappa shape index (κ2) is 10.6. The van der Waals surface area contributed by atoms with Crippen molar-refractivity contribution in [3.63, 3.8) is 0 Å². The lowest BCUT2D eigenvalue weighted by Crippen LogP contribution is -2.22. The Hall–Kier alpha value is -1.67. The second-order valence-electron chi connectivity index (χ2n) is 6.88. The molecule has 1 aliphatic rings. The van der Waals surface area contributed by atoms with Gasteiger partial charge in [0.2, 0.25) is 0 Å². The van der Waals surface area contributed by atoms with Crippen molar-refractivity contribution in [1.29, 1.82) is 0 Å². The van der Waals surface area contributed by atoms with Crippen LogP contribution in [0.1, 0.15) is 38.5 Å². The molecule has 1 aliphatic heterocycles. The van der Waals surface area contributed by atoms with Crippen molar-refractivity contribution in [3.05, 3.63) is 72.6 Å². The van der Waals surface area contributed by atoms with Crippen LogP contribution >= 0.6 is 7.14 Å². The highest BCUT2D eigenvalue weighted by Crippen LogP contribution is 2.45. The minimum Gasteiger partial charge on any atom is -0.353 e. The summed E-state index contributed by atoms with van der Waals surface area (Å²) in [7, 11) is -2.73. The van der Waals surface area contributed by atoms with Crippen molar-refractivity contribution in [2.75, 3.05) is 13.2 Å². The van der Waals surface area contributed by atoms with Crippen LogP contribution in [-0.4, -0.2) is 19.5 Å². The Balaban J connectivity index is 1.53. The first-order chi connectivity index (χ1) is 13.3. The summed E-state index contributed by atoms with van der Waals surface area (Å²) in [5.74, 6) is 1.92. The van der Waals surface area contributed by atoms with Gasteiger partial charge in [0.25, 0.3) is 0 Å². The smallest absolute Gasteiger partial charge is 0.163 e. The molecule has 1 atom stereocenters. The number of benzene rings is 2. The van der Waals surface area contributed by atoms with E-state index in [-0.39, 0.29) is 6.29 Å². The molecule has 4 heteroatoms. The third kappa shape index (κ3) is 5.90. The third-order valence-electron chi connectivity index (χ3n) is 4.80. The summed E-state index contributed by atoms with van der Waals surface area (Å²) in [5, 5.41) is 1.76. The number of hydrogen-bond acceptors (Lipinski definition) is 3. The van der Waals surface area contributed by atoms with Gasteiger partial charge in [0.15, 0.2) is 13.4 Å². The molecule has 1 unspecified atom stereocenters. The van der Waals surface area contributed by atoms with E-state index in [4.69, 9.17) is 9.47 Å². The summed E-state index contributed by atoms with van der Waals surface area (Å²) in [6, 6.07) is 19.5. The zero-order chi connectivity index (χ0) is 18.8. The molecular weight excluding hydrogens is 355 g/mol. The van der Waals surface area contributed by atoms with Crippen LogP contribution in [0, 0.1) is 0 Å². The molecule has 3 rings (SSSR count). The van der Waals surface area contributed by atoms with E-state index in [1.807, 2.05) is 66.5 Å². The normalized spacial score (nSPS) is 18.0. The fourth-order valence-corrected chi connectivity index (χ4v) is 5.58. The predicted molar refractivity (Wildman–Crippen MR) is 112 cm³/mol. The minimum atomic E-state index is -2.73. The lowest BCUT2D eigenvalue weighted by atomic mass is 10.2. The number of unbranched alkanes of at least 4 members (excludes halogenated alkanes) is 2. The van der Waals surface area contributed by atoms with Gasteiger partial charge in [0.05, 0.1) is 0 Å². The number of ether oxygens (including phenoxy) is 2. The van der Waals surface area contributed by atoms with Crippen LogP contribution in [0.4, 0.5) is 0 Å². The molecule has 144 valence electrons. The fraction of sp³-hybridized carbons (Fsp3) is 0.391. The molecular formula is C23H29O3P. The Morgan fingerprint density at radius 1 is 0.963 bits per heavy atom. The summed E-state index contributed by atoms with van der Waals surface area (Å²) < 4.78 is 25.1. The topological polar surface area (TPSA) is 35.5 Å². The molecule has 1 saturated heterocycles. The fourth-order valence-electron chi connectivity index (χ4n) is 3.26. The maximum Gasteiger partial charge on any atom is 0.163 e. The lowest BCUT2D eigenvalue weighted by Gasteiger charge is -2.22. The predicted octanol–water partition coefficient (Wildman–Crippen LogP) is 5.23. The number of hydrogen-bond donors (Lipinski definition) is 0. The van der Waals surface area contributed by atoms with Crippen LogP contribution in [0.3, 0.4) is 0 Å². The highest BCUT2D eigenvalue weighted by molar-refractivity contribution is 7.81. The molecule has 0 saturated carbocycles. The molecule has 0 amide bonds. The van der Waals surface area contributed by atoms with Gasteiger partial charge in [-0.25, -0.2) is 0 Å². The molecule has 0 N–H and O–H groups in total. The molecule has 2 aromatic rings. The maximum atomic E-state index is 13.8. The van der Waals surface area contributed by atoms with Crippen LogP contribution in [0.25, 0.3) is 0 Å². The SMILES string of the molecule is O=P(C=CCCCCOC1CCCCO1)(c1ccccc1)c1ccccc1. The van der Waals surface area contributed by atoms with Gasteiger partial charge in [-0.1, -0.05) is 66.7 Å². The van der Waals surface area contributed by atoms with E-state index in [1.54, 1.807) is 0 Å². The Kier molecular flexibility index (Phi) is 7.89. The molecule has 1 fully saturated rings. The molecule has 2 aromatic carbocycles. The van der Waals surface area contributed by atoms with Crippen LogP contribution < -0.4 is 10.6 Å². The van der Waals surface area contributed by atoms with Gasteiger partial charge in [-0.15, -0.1) is 0 Å². The Labute approximate surface area is 162 Å². The van der Waals surface area contributed by atoms with Crippen molar-refractivity contribution in [2.45, 2.75) is 44.8 Å². The third-order valence-corrected chi connectivity index (χ3v) is 7.56. The molecule has 1 heterocycles. The zero-order valence-electron chi connectivity index (χ0n) is 15.8. The van der Waals surface area contributed by atoms with Gasteiger partial charge in [0, 0.05) is 23.8 Å². The summed E-state index contributed by atoms with van der Waals surface area (Å²) in [4.78, 5) is 0. The van der Waals surface area contributed by atoms with E-state index in [0.29, 0.717) is 0 Å². The first-order valence-corrected chi connectivity index (χ1v) is 11.7. The van der Waals surface area contributed by atoms with E-state index in [0.717, 1.165) is 55.9 Å². The monoisotopic (exact) mass is 384 g/mol. The van der Waals surface area contributed by atoms with Gasteiger partial charge in [-0.2, -0.15) is 0 Å². The average Bonchev–Trinajstić information content (AvgIpc) is 2.75. The van der Waals surface area contributed by atoms with Crippen LogP contribution in [0.15, 0.2) is 72.6 Å². The van der Waals surface area contributed by atoms with Crippen LogP contribution in [0.2, 0.25) is 0 Å². The van der Waals surface area contributed by atoms with Gasteiger partial charge >= 0.3 is 0 Å². The average molecular weight is 384 g/mol. The summed E-state index contributed by atoms with van der Waals surface area (Å²) in [6.45, 7) is 1.55. The second-order valence-corrected chi connectivity index (χ2v) is 9.52. The van der Waals surface area contributed by atoms with Crippen molar-refractivity contribution < 1.29 is 14.0 Å². The molecule has 27 heavy (non-hydrogen) atoms. The Bertz CT molecular complexity index is 693. The molecule has 0 bridgehead atoms. The first kappa shape index (κ1) is 20.1. The van der Waals surface area contributed by atoms with Crippen molar-refractivity contribution in [1.82, 2.24) is 0 Å². The van der Waals surface area contributed by atoms with Crippen molar-refractivity contribution in [3.8, 4) is 0 Å². The first-order valence-electron chi connectivity index (χ1n) is 9.91. The van der Waals surface area contributed by atoms with Gasteiger partial charge < -0.3 is 14.0 Å². The molecule has 0 aliphatic carbocycles. The highest BCUT2D eigenvalue weighted by Gasteiger charge is 2.23. The van der Waals surface area contributed by atoms with Gasteiger partial charge in [-0.05, 0) is 44.3 Å². The molecule has 0 aromatic heterocycles. The van der Waals surface area contributed by atoms with E-state index >= 15 is 0 Å². The summed E-state index contributed by atoms with van der Waals surface area (Å²) >= 11 is 0. The Morgan fingerprint density at radius 2 is 1.63 bits per heavy atom. The Morgan fingerprint density at radius 3 is 2.22 bits per heavy atom. The van der Waals surface area contributed by atoms with Gasteiger partial charge in [0.1, 0.15) is 0 Å². The van der Waals surface area contributed by atoms with E-state index in [1.165, 1.54) is 6.42 Å². The van der Waals surface area contributed by atoms with Crippen LogP contribution in [-0.2, 0) is 14.0 Å². The van der Waals surface area contributed by atoms with Crippen LogP contribution in [0.5, 0.6) is 0 Å². The molecule has 0 radical (unpaired) electrons. The van der Waals surface area contributed by atoms with E-state index in [9.17, 15) is 4.57 Å². The largest absolute Gasteiger partial charge is 0.353 e. The molecule has 0 spiro atoms. The summed E-state index contributed by atoms with van der Waals surface area (Å²) in [5.41, 5.74) is 0. The van der Waals surface area contributed by atoms with E-state index < -0.39 is 7.14 Å². The quantitative estimate of drug-likeness (QED) is 0.439. The number of allylic oxidation sites excluding steroid dienone is 1. The standard InChI is InChI=1S/C23H29O3P/c24-27(21-13-5-3-6-14-21,22-15-7-4-8-16-22)20-12-2-1-10-18-25-23-17-9-11-19-26-23/h3-8,12-16,20,23H,1-2,9-11,17-19H2. The maximum absolute atomic E-state index is 13.8. The van der Waals surface area contributed by atoms with Gasteiger partial charge in [-0.3, -0.25) is 0 Å². The van der Waals surface area contributed by atoms with Crippen molar-refractivity contribution in [2.24, 2.45) is 0 Å².